The van der Waals surface area contributed by atoms with E-state index in [4.69, 9.17) is 0 Å². The van der Waals surface area contributed by atoms with E-state index in [0.29, 0.717) is 11.4 Å². The fraction of sp³-hybridized carbons (Fsp3) is 0.286. The molecule has 4 amide bonds. The molecule has 1 saturated heterocycles. The van der Waals surface area contributed by atoms with E-state index < -0.39 is 23.8 Å². The van der Waals surface area contributed by atoms with E-state index in [9.17, 15) is 14.4 Å². The summed E-state index contributed by atoms with van der Waals surface area (Å²) in [6.07, 6.45) is 3.74. The Bertz CT molecular complexity index is 767. The Morgan fingerprint density at radius 1 is 0.654 bits per heavy atom. The number of carbonyl (C=O) groups excluding carboxylic acids is 3. The summed E-state index contributed by atoms with van der Waals surface area (Å²) in [6.45, 7) is 0. The van der Waals surface area contributed by atoms with Crippen molar-refractivity contribution in [2.45, 2.75) is 25.7 Å². The van der Waals surface area contributed by atoms with Gasteiger partial charge < -0.3 is 0 Å². The molecule has 0 aromatic heterocycles. The number of hydrogen-bond donors (Lipinski definition) is 0. The van der Waals surface area contributed by atoms with E-state index in [1.165, 1.54) is 0 Å². The highest BCUT2D eigenvalue weighted by molar-refractivity contribution is 6.36. The molecule has 1 aliphatic heterocycles. The molecule has 1 saturated carbocycles. The van der Waals surface area contributed by atoms with E-state index in [0.717, 1.165) is 35.5 Å². The minimum atomic E-state index is -0.796. The molecule has 0 radical (unpaired) electrons. The predicted octanol–water partition coefficient (Wildman–Crippen LogP) is 3.99. The van der Waals surface area contributed by atoms with Crippen LogP contribution in [0.5, 0.6) is 0 Å². The highest BCUT2D eigenvalue weighted by Crippen LogP contribution is 2.38. The van der Waals surface area contributed by atoms with Crippen molar-refractivity contribution in [3.05, 3.63) is 60.7 Å². The van der Waals surface area contributed by atoms with Crippen molar-refractivity contribution in [3.8, 4) is 0 Å². The van der Waals surface area contributed by atoms with E-state index in [2.05, 4.69) is 0 Å². The van der Waals surface area contributed by atoms with Crippen molar-refractivity contribution in [3.63, 3.8) is 0 Å². The molecule has 5 heteroatoms. The van der Waals surface area contributed by atoms with Gasteiger partial charge in [-0.3, -0.25) is 9.59 Å². The van der Waals surface area contributed by atoms with Gasteiger partial charge in [-0.1, -0.05) is 49.2 Å². The van der Waals surface area contributed by atoms with E-state index >= 15 is 0 Å². The van der Waals surface area contributed by atoms with Gasteiger partial charge in [0.25, 0.3) is 0 Å². The number of imide groups is 2. The van der Waals surface area contributed by atoms with Gasteiger partial charge in [-0.05, 0) is 43.0 Å². The molecule has 5 nitrogen and oxygen atoms in total. The Kier molecular flexibility index (Phi) is 4.29. The van der Waals surface area contributed by atoms with E-state index in [1.54, 1.807) is 48.5 Å². The first-order chi connectivity index (χ1) is 12.7. The number of hydrogen-bond acceptors (Lipinski definition) is 3. The molecule has 1 aliphatic carbocycles. The first-order valence-corrected chi connectivity index (χ1v) is 9.00. The summed E-state index contributed by atoms with van der Waals surface area (Å²) in [4.78, 5) is 41.8. The number of urea groups is 1. The predicted molar refractivity (Wildman–Crippen MR) is 98.7 cm³/mol. The monoisotopic (exact) mass is 348 g/mol. The average molecular weight is 348 g/mol. The number of barbiturate groups is 1. The number of benzene rings is 2. The summed E-state index contributed by atoms with van der Waals surface area (Å²) in [5.74, 6) is -1.59. The van der Waals surface area contributed by atoms with Crippen molar-refractivity contribution in [1.82, 2.24) is 0 Å². The molecule has 0 N–H and O–H groups in total. The third-order valence-corrected chi connectivity index (χ3v) is 5.26. The van der Waals surface area contributed by atoms with E-state index in [1.807, 2.05) is 12.1 Å². The lowest BCUT2D eigenvalue weighted by molar-refractivity contribution is -0.134. The minimum Gasteiger partial charge on any atom is -0.273 e. The number of para-hydroxylation sites is 2. The van der Waals surface area contributed by atoms with Crippen molar-refractivity contribution >= 4 is 29.2 Å². The quantitative estimate of drug-likeness (QED) is 0.788. The van der Waals surface area contributed by atoms with Crippen LogP contribution in [-0.4, -0.2) is 17.8 Å². The van der Waals surface area contributed by atoms with Gasteiger partial charge in [0, 0.05) is 0 Å². The molecule has 4 rings (SSSR count). The molecule has 26 heavy (non-hydrogen) atoms. The Labute approximate surface area is 152 Å². The van der Waals surface area contributed by atoms with Crippen molar-refractivity contribution in [2.75, 3.05) is 9.80 Å². The molecule has 2 fully saturated rings. The van der Waals surface area contributed by atoms with Gasteiger partial charge in [0.05, 0.1) is 11.4 Å². The highest BCUT2D eigenvalue weighted by Gasteiger charge is 2.50. The molecule has 2 aromatic carbocycles. The van der Waals surface area contributed by atoms with Gasteiger partial charge in [0.1, 0.15) is 5.92 Å². The molecule has 2 aromatic rings. The topological polar surface area (TPSA) is 57.7 Å². The fourth-order valence-corrected chi connectivity index (χ4v) is 4.00. The first kappa shape index (κ1) is 16.5. The summed E-state index contributed by atoms with van der Waals surface area (Å²) < 4.78 is 0. The van der Waals surface area contributed by atoms with Crippen LogP contribution in [0.2, 0.25) is 0 Å². The summed E-state index contributed by atoms with van der Waals surface area (Å²) in [6, 6.07) is 17.1. The van der Waals surface area contributed by atoms with Gasteiger partial charge in [-0.2, -0.15) is 0 Å². The second-order valence-electron chi connectivity index (χ2n) is 6.82. The molecule has 1 heterocycles. The summed E-state index contributed by atoms with van der Waals surface area (Å²) >= 11 is 0. The molecular formula is C21H20N2O3. The van der Waals surface area contributed by atoms with Crippen LogP contribution in [-0.2, 0) is 9.59 Å². The van der Waals surface area contributed by atoms with Gasteiger partial charge in [-0.15, -0.1) is 0 Å². The molecule has 132 valence electrons. The largest absolute Gasteiger partial charge is 0.342 e. The minimum absolute atomic E-state index is 0.000486. The number of carbonyl (C=O) groups is 3. The number of rotatable bonds is 3. The number of amides is 4. The Hall–Kier alpha value is -2.95. The maximum Gasteiger partial charge on any atom is 0.342 e. The Balaban J connectivity index is 1.80. The maximum absolute atomic E-state index is 13.2. The number of anilines is 2. The van der Waals surface area contributed by atoms with Crippen LogP contribution < -0.4 is 9.80 Å². The summed E-state index contributed by atoms with van der Waals surface area (Å²) in [7, 11) is 0. The third-order valence-electron chi connectivity index (χ3n) is 5.26. The lowest BCUT2D eigenvalue weighted by atomic mass is 9.86. The average Bonchev–Trinajstić information content (AvgIpc) is 3.18. The van der Waals surface area contributed by atoms with Crippen LogP contribution in [0, 0.1) is 11.8 Å². The highest BCUT2D eigenvalue weighted by atomic mass is 16.2. The third kappa shape index (κ3) is 2.69. The molecule has 2 aliphatic rings. The van der Waals surface area contributed by atoms with Crippen LogP contribution in [0.1, 0.15) is 25.7 Å². The van der Waals surface area contributed by atoms with Gasteiger partial charge in [-0.25, -0.2) is 14.6 Å². The molecule has 0 unspecified atom stereocenters. The zero-order valence-corrected chi connectivity index (χ0v) is 14.4. The summed E-state index contributed by atoms with van der Waals surface area (Å²) in [5, 5.41) is 0. The maximum atomic E-state index is 13.2. The molecule has 0 spiro atoms. The Morgan fingerprint density at radius 2 is 1.08 bits per heavy atom. The first-order valence-electron chi connectivity index (χ1n) is 9.00. The smallest absolute Gasteiger partial charge is 0.273 e. The molecule has 0 atom stereocenters. The zero-order valence-electron chi connectivity index (χ0n) is 14.4. The van der Waals surface area contributed by atoms with E-state index in [-0.39, 0.29) is 5.92 Å². The van der Waals surface area contributed by atoms with Crippen LogP contribution >= 0.6 is 0 Å². The van der Waals surface area contributed by atoms with Crippen LogP contribution in [0.15, 0.2) is 60.7 Å². The SMILES string of the molecule is O=C1C(C2CCCC2)C(=O)N(c2ccccc2)C(=O)N1c1ccccc1. The van der Waals surface area contributed by atoms with Crippen LogP contribution in [0.4, 0.5) is 16.2 Å². The van der Waals surface area contributed by atoms with Crippen molar-refractivity contribution < 1.29 is 14.4 Å². The molecular weight excluding hydrogens is 328 g/mol. The number of nitrogens with zero attached hydrogens (tertiary/aromatic N) is 2. The fourth-order valence-electron chi connectivity index (χ4n) is 4.00. The van der Waals surface area contributed by atoms with Crippen LogP contribution in [0.3, 0.4) is 0 Å². The lowest BCUT2D eigenvalue weighted by Gasteiger charge is -2.38. The van der Waals surface area contributed by atoms with Gasteiger partial charge in [0.2, 0.25) is 11.8 Å². The second-order valence-corrected chi connectivity index (χ2v) is 6.82. The van der Waals surface area contributed by atoms with Crippen LogP contribution in [0.25, 0.3) is 0 Å². The van der Waals surface area contributed by atoms with Gasteiger partial charge >= 0.3 is 6.03 Å². The zero-order chi connectivity index (χ0) is 18.1. The standard InChI is InChI=1S/C21H20N2O3/c24-19-18(15-9-7-8-10-15)20(25)23(17-13-5-2-6-14-17)21(26)22(19)16-11-3-1-4-12-16/h1-6,11-15,18H,7-10H2. The van der Waals surface area contributed by atoms with Crippen molar-refractivity contribution in [1.29, 1.82) is 0 Å². The molecule has 0 bridgehead atoms. The van der Waals surface area contributed by atoms with Gasteiger partial charge in [0.15, 0.2) is 0 Å². The van der Waals surface area contributed by atoms with Crippen molar-refractivity contribution in [2.24, 2.45) is 11.8 Å². The lowest BCUT2D eigenvalue weighted by Crippen LogP contribution is -2.61. The second kappa shape index (κ2) is 6.75. The normalized spacial score (nSPS) is 19.5. The summed E-state index contributed by atoms with van der Waals surface area (Å²) in [5.41, 5.74) is 0.998. The Morgan fingerprint density at radius 3 is 1.50 bits per heavy atom.